The third-order valence-electron chi connectivity index (χ3n) is 2.79. The minimum absolute atomic E-state index is 0.0317. The standard InChI is InChI=1S/C14H24O4/c1-14(2,3)18-13(16)9-11(15)10-17-12-7-5-4-6-8-12/h12H,4-10H2,1-3H3. The van der Waals surface area contributed by atoms with Crippen LogP contribution in [0.15, 0.2) is 0 Å². The average molecular weight is 256 g/mol. The van der Waals surface area contributed by atoms with Gasteiger partial charge in [0.15, 0.2) is 5.78 Å². The summed E-state index contributed by atoms with van der Waals surface area (Å²) in [5.74, 6) is -0.672. The second kappa shape index (κ2) is 6.88. The van der Waals surface area contributed by atoms with Gasteiger partial charge in [-0.1, -0.05) is 19.3 Å². The first kappa shape index (κ1) is 15.2. The molecule has 0 aliphatic heterocycles. The molecular formula is C14H24O4. The average Bonchev–Trinajstić information content (AvgIpc) is 2.25. The molecular weight excluding hydrogens is 232 g/mol. The van der Waals surface area contributed by atoms with Crippen LogP contribution in [-0.2, 0) is 19.1 Å². The van der Waals surface area contributed by atoms with Gasteiger partial charge in [0.25, 0.3) is 0 Å². The predicted octanol–water partition coefficient (Wildman–Crippen LogP) is 2.64. The van der Waals surface area contributed by atoms with Gasteiger partial charge >= 0.3 is 5.97 Å². The van der Waals surface area contributed by atoms with Crippen molar-refractivity contribution in [1.82, 2.24) is 0 Å². The van der Waals surface area contributed by atoms with Gasteiger partial charge in [-0.25, -0.2) is 0 Å². The number of hydrogen-bond donors (Lipinski definition) is 0. The summed E-state index contributed by atoms with van der Waals surface area (Å²) in [6.45, 7) is 5.39. The summed E-state index contributed by atoms with van der Waals surface area (Å²) in [6.07, 6.45) is 5.66. The molecule has 0 aromatic rings. The fourth-order valence-corrected chi connectivity index (χ4v) is 2.03. The lowest BCUT2D eigenvalue weighted by molar-refractivity contribution is -0.157. The van der Waals surface area contributed by atoms with Gasteiger partial charge in [0, 0.05) is 0 Å². The summed E-state index contributed by atoms with van der Waals surface area (Å²) in [6, 6.07) is 0. The Morgan fingerprint density at radius 3 is 2.28 bits per heavy atom. The Balaban J connectivity index is 2.18. The Morgan fingerprint density at radius 1 is 1.11 bits per heavy atom. The highest BCUT2D eigenvalue weighted by Crippen LogP contribution is 2.20. The Hall–Kier alpha value is -0.900. The number of rotatable bonds is 5. The van der Waals surface area contributed by atoms with Crippen LogP contribution in [0.3, 0.4) is 0 Å². The molecule has 0 heterocycles. The molecule has 0 aromatic heterocycles. The number of ether oxygens (including phenoxy) is 2. The highest BCUT2D eigenvalue weighted by Gasteiger charge is 2.20. The molecule has 0 amide bonds. The van der Waals surface area contributed by atoms with E-state index in [1.54, 1.807) is 20.8 Å². The molecule has 1 aliphatic carbocycles. The Labute approximate surface area is 109 Å². The van der Waals surface area contributed by atoms with Gasteiger partial charge in [0.1, 0.15) is 18.6 Å². The minimum Gasteiger partial charge on any atom is -0.460 e. The first-order valence-corrected chi connectivity index (χ1v) is 6.72. The normalized spacial score (nSPS) is 17.5. The van der Waals surface area contributed by atoms with Crippen LogP contribution in [-0.4, -0.2) is 30.1 Å². The molecule has 0 spiro atoms. The van der Waals surface area contributed by atoms with Crippen LogP contribution in [0.2, 0.25) is 0 Å². The Bertz CT molecular complexity index is 285. The fourth-order valence-electron chi connectivity index (χ4n) is 2.03. The highest BCUT2D eigenvalue weighted by atomic mass is 16.6. The largest absolute Gasteiger partial charge is 0.460 e. The zero-order valence-electron chi connectivity index (χ0n) is 11.7. The van der Waals surface area contributed by atoms with E-state index < -0.39 is 11.6 Å². The highest BCUT2D eigenvalue weighted by molar-refractivity contribution is 5.96. The second-order valence-corrected chi connectivity index (χ2v) is 5.87. The van der Waals surface area contributed by atoms with Crippen molar-refractivity contribution in [2.24, 2.45) is 0 Å². The van der Waals surface area contributed by atoms with Gasteiger partial charge < -0.3 is 9.47 Å². The van der Waals surface area contributed by atoms with Crippen LogP contribution in [0.25, 0.3) is 0 Å². The van der Waals surface area contributed by atoms with E-state index in [0.29, 0.717) is 0 Å². The number of carbonyl (C=O) groups excluding carboxylic acids is 2. The van der Waals surface area contributed by atoms with Crippen molar-refractivity contribution in [3.8, 4) is 0 Å². The van der Waals surface area contributed by atoms with Crippen LogP contribution in [0.1, 0.15) is 59.3 Å². The second-order valence-electron chi connectivity index (χ2n) is 5.87. The topological polar surface area (TPSA) is 52.6 Å². The summed E-state index contributed by atoms with van der Waals surface area (Å²) >= 11 is 0. The molecule has 1 saturated carbocycles. The van der Waals surface area contributed by atoms with Crippen LogP contribution < -0.4 is 0 Å². The fraction of sp³-hybridized carbons (Fsp3) is 0.857. The lowest BCUT2D eigenvalue weighted by Crippen LogP contribution is -2.27. The van der Waals surface area contributed by atoms with E-state index in [0.717, 1.165) is 12.8 Å². The van der Waals surface area contributed by atoms with Crippen LogP contribution in [0, 0.1) is 0 Å². The molecule has 18 heavy (non-hydrogen) atoms. The van der Waals surface area contributed by atoms with Crippen LogP contribution in [0.5, 0.6) is 0 Å². The summed E-state index contributed by atoms with van der Waals surface area (Å²) in [5.41, 5.74) is -0.540. The van der Waals surface area contributed by atoms with Crippen molar-refractivity contribution < 1.29 is 19.1 Å². The van der Waals surface area contributed by atoms with E-state index in [4.69, 9.17) is 9.47 Å². The summed E-state index contributed by atoms with van der Waals surface area (Å²) in [4.78, 5) is 23.0. The lowest BCUT2D eigenvalue weighted by atomic mass is 9.98. The molecule has 4 heteroatoms. The van der Waals surface area contributed by atoms with E-state index in [1.807, 2.05) is 0 Å². The van der Waals surface area contributed by atoms with Gasteiger partial charge in [0.05, 0.1) is 6.10 Å². The van der Waals surface area contributed by atoms with Gasteiger partial charge in [-0.15, -0.1) is 0 Å². The van der Waals surface area contributed by atoms with Gasteiger partial charge in [-0.2, -0.15) is 0 Å². The quantitative estimate of drug-likeness (QED) is 0.560. The smallest absolute Gasteiger partial charge is 0.313 e. The molecule has 0 aromatic carbocycles. The molecule has 4 nitrogen and oxygen atoms in total. The van der Waals surface area contributed by atoms with E-state index in [2.05, 4.69) is 0 Å². The molecule has 104 valence electrons. The number of Topliss-reactive ketones (excluding diaryl/α,β-unsaturated/α-hetero) is 1. The zero-order valence-corrected chi connectivity index (χ0v) is 11.7. The lowest BCUT2D eigenvalue weighted by Gasteiger charge is -2.22. The summed E-state index contributed by atoms with van der Waals surface area (Å²) in [5, 5.41) is 0. The number of ketones is 1. The first-order chi connectivity index (χ1) is 8.37. The SMILES string of the molecule is CC(C)(C)OC(=O)CC(=O)COC1CCCCC1. The molecule has 0 unspecified atom stereocenters. The molecule has 0 radical (unpaired) electrons. The van der Waals surface area contributed by atoms with Gasteiger partial charge in [-0.05, 0) is 33.6 Å². The number of esters is 1. The van der Waals surface area contributed by atoms with Crippen molar-refractivity contribution in [2.75, 3.05) is 6.61 Å². The van der Waals surface area contributed by atoms with Crippen LogP contribution >= 0.6 is 0 Å². The van der Waals surface area contributed by atoms with Crippen molar-refractivity contribution in [2.45, 2.75) is 71.0 Å². The maximum Gasteiger partial charge on any atom is 0.313 e. The maximum absolute atomic E-state index is 11.6. The first-order valence-electron chi connectivity index (χ1n) is 6.72. The van der Waals surface area contributed by atoms with E-state index >= 15 is 0 Å². The molecule has 1 rings (SSSR count). The van der Waals surface area contributed by atoms with Crippen molar-refractivity contribution in [3.05, 3.63) is 0 Å². The molecule has 0 bridgehead atoms. The zero-order chi connectivity index (χ0) is 13.6. The number of hydrogen-bond acceptors (Lipinski definition) is 4. The molecule has 1 aliphatic rings. The summed E-state index contributed by atoms with van der Waals surface area (Å²) < 4.78 is 10.6. The van der Waals surface area contributed by atoms with Gasteiger partial charge in [0.2, 0.25) is 0 Å². The van der Waals surface area contributed by atoms with Gasteiger partial charge in [-0.3, -0.25) is 9.59 Å². The maximum atomic E-state index is 11.6. The van der Waals surface area contributed by atoms with Crippen LogP contribution in [0.4, 0.5) is 0 Å². The Morgan fingerprint density at radius 2 is 1.72 bits per heavy atom. The van der Waals surface area contributed by atoms with Crippen molar-refractivity contribution in [3.63, 3.8) is 0 Å². The predicted molar refractivity (Wildman–Crippen MR) is 68.3 cm³/mol. The molecule has 0 N–H and O–H groups in total. The van der Waals surface area contributed by atoms with E-state index in [9.17, 15) is 9.59 Å². The van der Waals surface area contributed by atoms with E-state index in [1.165, 1.54) is 19.3 Å². The van der Waals surface area contributed by atoms with Crippen molar-refractivity contribution >= 4 is 11.8 Å². The monoisotopic (exact) mass is 256 g/mol. The molecule has 0 saturated heterocycles. The van der Waals surface area contributed by atoms with Crippen molar-refractivity contribution in [1.29, 1.82) is 0 Å². The molecule has 0 atom stereocenters. The third-order valence-corrected chi connectivity index (χ3v) is 2.79. The number of carbonyl (C=O) groups is 2. The Kier molecular flexibility index (Phi) is 5.79. The van der Waals surface area contributed by atoms with E-state index in [-0.39, 0.29) is 24.9 Å². The third kappa shape index (κ3) is 6.74. The summed E-state index contributed by atoms with van der Waals surface area (Å²) in [7, 11) is 0. The molecule has 1 fully saturated rings. The minimum atomic E-state index is -0.540.